The predicted octanol–water partition coefficient (Wildman–Crippen LogP) is 4.26. The number of amides is 1. The summed E-state index contributed by atoms with van der Waals surface area (Å²) in [6.45, 7) is 6.51. The van der Waals surface area contributed by atoms with E-state index in [1.165, 1.54) is 0 Å². The summed E-state index contributed by atoms with van der Waals surface area (Å²) in [4.78, 5) is 26.6. The summed E-state index contributed by atoms with van der Waals surface area (Å²) in [6, 6.07) is 16.6. The molecule has 0 bridgehead atoms. The average Bonchev–Trinajstić information content (AvgIpc) is 3.23. The monoisotopic (exact) mass is 472 g/mol. The van der Waals surface area contributed by atoms with Crippen LogP contribution in [-0.2, 0) is 26.4 Å². The molecule has 2 aromatic carbocycles. The summed E-state index contributed by atoms with van der Waals surface area (Å²) in [6.07, 6.45) is 2.27. The first kappa shape index (κ1) is 24.1. The quantitative estimate of drug-likeness (QED) is 0.401. The molecule has 182 valence electrons. The zero-order valence-electron chi connectivity index (χ0n) is 20.7. The fraction of sp³-hybridized carbons (Fsp3) is 0.286. The lowest BCUT2D eigenvalue weighted by atomic mass is 9.98. The van der Waals surface area contributed by atoms with Crippen LogP contribution >= 0.6 is 0 Å². The second kappa shape index (κ2) is 9.70. The molecule has 0 aliphatic heterocycles. The maximum absolute atomic E-state index is 13.8. The van der Waals surface area contributed by atoms with Crippen molar-refractivity contribution in [2.24, 2.45) is 12.8 Å². The van der Waals surface area contributed by atoms with Crippen LogP contribution in [-0.4, -0.2) is 24.9 Å². The number of phenols is 1. The number of carbonyl (C=O) groups is 1. The molecule has 0 aliphatic carbocycles. The number of nitrogens with zero attached hydrogens (tertiary/aromatic N) is 3. The minimum atomic E-state index is -0.535. The van der Waals surface area contributed by atoms with E-state index in [2.05, 4.69) is 11.5 Å². The third-order valence-corrected chi connectivity index (χ3v) is 6.73. The fourth-order valence-electron chi connectivity index (χ4n) is 4.93. The molecule has 0 atom stereocenters. The molecule has 0 unspecified atom stereocenters. The Balaban J connectivity index is 1.92. The van der Waals surface area contributed by atoms with Gasteiger partial charge < -0.3 is 15.4 Å². The van der Waals surface area contributed by atoms with E-state index in [1.54, 1.807) is 16.8 Å². The van der Waals surface area contributed by atoms with Gasteiger partial charge >= 0.3 is 0 Å². The summed E-state index contributed by atoms with van der Waals surface area (Å²) in [5, 5.41) is 9.60. The van der Waals surface area contributed by atoms with Crippen molar-refractivity contribution in [3.63, 3.8) is 0 Å². The topological polar surface area (TPSA) is 95.2 Å². The van der Waals surface area contributed by atoms with E-state index in [1.807, 2.05) is 68.0 Å². The molecule has 7 heteroatoms. The summed E-state index contributed by atoms with van der Waals surface area (Å²) >= 11 is 0. The van der Waals surface area contributed by atoms with Gasteiger partial charge in [-0.2, -0.15) is 0 Å². The van der Waals surface area contributed by atoms with Crippen LogP contribution < -0.4 is 11.3 Å². The number of rotatable bonds is 8. The van der Waals surface area contributed by atoms with Crippen LogP contribution in [0.2, 0.25) is 0 Å². The number of hydrogen-bond acceptors (Lipinski definition) is 3. The number of para-hydroxylation sites is 1. The van der Waals surface area contributed by atoms with E-state index in [-0.39, 0.29) is 11.3 Å². The van der Waals surface area contributed by atoms with E-state index in [9.17, 15) is 14.7 Å². The van der Waals surface area contributed by atoms with Gasteiger partial charge in [0.05, 0.1) is 16.8 Å². The summed E-state index contributed by atoms with van der Waals surface area (Å²) in [5.74, 6) is -0.308. The van der Waals surface area contributed by atoms with E-state index < -0.39 is 5.91 Å². The van der Waals surface area contributed by atoms with Crippen LogP contribution in [0.15, 0.2) is 59.4 Å². The van der Waals surface area contributed by atoms with Crippen molar-refractivity contribution < 1.29 is 9.90 Å². The molecule has 7 nitrogen and oxygen atoms in total. The standard InChI is InChI=1S/C28H32N4O3/c1-5-9-23-26(25-18(2)30(4)32(28(25)35)21-10-7-6-8-11-21)24(27(29)34)19(3)31(23)17-16-20-12-14-22(33)15-13-20/h6-8,10-15,33H,5,9,16-17H2,1-4H3,(H2,29,34). The summed E-state index contributed by atoms with van der Waals surface area (Å²) < 4.78 is 5.59. The number of primary amides is 1. The van der Waals surface area contributed by atoms with Crippen LogP contribution in [0.25, 0.3) is 16.8 Å². The second-order valence-corrected chi connectivity index (χ2v) is 8.90. The number of phenolic OH excluding ortho intramolecular Hbond substituents is 1. The van der Waals surface area contributed by atoms with Gasteiger partial charge in [0.1, 0.15) is 5.75 Å². The van der Waals surface area contributed by atoms with Crippen molar-refractivity contribution in [1.29, 1.82) is 0 Å². The lowest BCUT2D eigenvalue weighted by Crippen LogP contribution is -2.21. The molecule has 35 heavy (non-hydrogen) atoms. The maximum Gasteiger partial charge on any atom is 0.279 e. The fourth-order valence-corrected chi connectivity index (χ4v) is 4.93. The van der Waals surface area contributed by atoms with Crippen LogP contribution in [0.4, 0.5) is 0 Å². The molecule has 4 aromatic rings. The summed E-state index contributed by atoms with van der Waals surface area (Å²) in [7, 11) is 1.85. The third kappa shape index (κ3) is 4.30. The zero-order valence-corrected chi connectivity index (χ0v) is 20.7. The molecule has 0 saturated carbocycles. The van der Waals surface area contributed by atoms with Crippen LogP contribution in [0.1, 0.15) is 46.3 Å². The lowest BCUT2D eigenvalue weighted by Gasteiger charge is -2.13. The smallest absolute Gasteiger partial charge is 0.279 e. The molecule has 3 N–H and O–H groups in total. The molecular formula is C28H32N4O3. The molecule has 4 rings (SSSR count). The van der Waals surface area contributed by atoms with Gasteiger partial charge in [-0.1, -0.05) is 43.7 Å². The normalized spacial score (nSPS) is 11.2. The van der Waals surface area contributed by atoms with Gasteiger partial charge in [-0.05, 0) is 56.5 Å². The van der Waals surface area contributed by atoms with E-state index in [0.717, 1.165) is 34.8 Å². The molecule has 0 saturated heterocycles. The Morgan fingerprint density at radius 1 is 0.943 bits per heavy atom. The highest BCUT2D eigenvalue weighted by molar-refractivity contribution is 6.02. The zero-order chi connectivity index (χ0) is 25.3. The first-order valence-corrected chi connectivity index (χ1v) is 11.9. The minimum Gasteiger partial charge on any atom is -0.508 e. The SMILES string of the molecule is CCCc1c(-c2c(C)n(C)n(-c3ccccc3)c2=O)c(C(N)=O)c(C)n1CCc1ccc(O)cc1. The van der Waals surface area contributed by atoms with Gasteiger partial charge in [-0.25, -0.2) is 4.68 Å². The molecule has 2 heterocycles. The van der Waals surface area contributed by atoms with Crippen LogP contribution in [0.3, 0.4) is 0 Å². The van der Waals surface area contributed by atoms with Gasteiger partial charge in [0.2, 0.25) is 0 Å². The van der Waals surface area contributed by atoms with Gasteiger partial charge in [0.25, 0.3) is 11.5 Å². The Labute approximate surface area is 205 Å². The molecule has 2 aromatic heterocycles. The number of aromatic hydroxyl groups is 1. The van der Waals surface area contributed by atoms with Crippen molar-refractivity contribution in [2.45, 2.75) is 46.6 Å². The highest BCUT2D eigenvalue weighted by Gasteiger charge is 2.29. The molecule has 1 amide bonds. The number of hydrogen-bond donors (Lipinski definition) is 2. The molecule has 0 aliphatic rings. The largest absolute Gasteiger partial charge is 0.508 e. The highest BCUT2D eigenvalue weighted by atomic mass is 16.3. The van der Waals surface area contributed by atoms with Crippen molar-refractivity contribution >= 4 is 5.91 Å². The first-order valence-electron chi connectivity index (χ1n) is 11.9. The predicted molar refractivity (Wildman–Crippen MR) is 138 cm³/mol. The minimum absolute atomic E-state index is 0.174. The third-order valence-electron chi connectivity index (χ3n) is 6.73. The highest BCUT2D eigenvalue weighted by Crippen LogP contribution is 2.34. The molecule has 0 radical (unpaired) electrons. The Bertz CT molecular complexity index is 1420. The molecule has 0 fully saturated rings. The Kier molecular flexibility index (Phi) is 6.69. The van der Waals surface area contributed by atoms with E-state index in [4.69, 9.17) is 5.73 Å². The van der Waals surface area contributed by atoms with Gasteiger partial charge in [-0.3, -0.25) is 14.3 Å². The number of aryl methyl sites for hydroxylation is 1. The molecule has 0 spiro atoms. The van der Waals surface area contributed by atoms with Crippen molar-refractivity contribution in [3.8, 4) is 22.6 Å². The Hall–Kier alpha value is -4.00. The number of nitrogens with two attached hydrogens (primary N) is 1. The number of carbonyl (C=O) groups excluding carboxylic acids is 1. The van der Waals surface area contributed by atoms with Gasteiger partial charge in [-0.15, -0.1) is 0 Å². The number of benzene rings is 2. The van der Waals surface area contributed by atoms with Crippen molar-refractivity contribution in [2.75, 3.05) is 0 Å². The van der Waals surface area contributed by atoms with Crippen molar-refractivity contribution in [1.82, 2.24) is 13.9 Å². The molecular weight excluding hydrogens is 440 g/mol. The Morgan fingerprint density at radius 2 is 1.60 bits per heavy atom. The second-order valence-electron chi connectivity index (χ2n) is 8.90. The Morgan fingerprint density at radius 3 is 2.20 bits per heavy atom. The summed E-state index contributed by atoms with van der Waals surface area (Å²) in [5.41, 5.74) is 11.6. The van der Waals surface area contributed by atoms with Crippen LogP contribution in [0.5, 0.6) is 5.75 Å². The number of aromatic nitrogens is 3. The van der Waals surface area contributed by atoms with E-state index >= 15 is 0 Å². The first-order chi connectivity index (χ1) is 16.8. The maximum atomic E-state index is 13.8. The average molecular weight is 473 g/mol. The van der Waals surface area contributed by atoms with Gasteiger partial charge in [0, 0.05) is 36.2 Å². The van der Waals surface area contributed by atoms with Crippen LogP contribution in [0, 0.1) is 13.8 Å². The van der Waals surface area contributed by atoms with Crippen molar-refractivity contribution in [3.05, 3.63) is 93.2 Å². The lowest BCUT2D eigenvalue weighted by molar-refractivity contribution is 0.1000. The van der Waals surface area contributed by atoms with E-state index in [0.29, 0.717) is 36.1 Å². The van der Waals surface area contributed by atoms with Gasteiger partial charge in [0.15, 0.2) is 0 Å².